The van der Waals surface area contributed by atoms with Gasteiger partial charge in [0.1, 0.15) is 5.82 Å². The number of carboxylic acid groups (broad SMARTS) is 1. The van der Waals surface area contributed by atoms with Crippen LogP contribution in [0.1, 0.15) is 18.7 Å². The Morgan fingerprint density at radius 2 is 2.40 bits per heavy atom. The SMILES string of the molecule is O=C(O)C1CCCN(S(=O)(=O)NCCc2ncc[nH]2)C1. The minimum absolute atomic E-state index is 0.0332. The zero-order chi connectivity index (χ0) is 14.6. The van der Waals surface area contributed by atoms with Crippen LogP contribution >= 0.6 is 0 Å². The summed E-state index contributed by atoms with van der Waals surface area (Å²) in [6, 6.07) is 0. The summed E-state index contributed by atoms with van der Waals surface area (Å²) in [6.07, 6.45) is 4.82. The van der Waals surface area contributed by atoms with Crippen molar-refractivity contribution >= 4 is 16.2 Å². The fraction of sp³-hybridized carbons (Fsp3) is 0.636. The van der Waals surface area contributed by atoms with Crippen molar-refractivity contribution in [1.29, 1.82) is 0 Å². The van der Waals surface area contributed by atoms with E-state index in [9.17, 15) is 13.2 Å². The smallest absolute Gasteiger partial charge is 0.307 e. The zero-order valence-electron chi connectivity index (χ0n) is 10.9. The average molecular weight is 302 g/mol. The first-order chi connectivity index (χ1) is 9.49. The Morgan fingerprint density at radius 3 is 3.05 bits per heavy atom. The van der Waals surface area contributed by atoms with Crippen molar-refractivity contribution in [3.8, 4) is 0 Å². The minimum atomic E-state index is -3.62. The number of rotatable bonds is 6. The Labute approximate surface area is 117 Å². The Hall–Kier alpha value is -1.45. The van der Waals surface area contributed by atoms with E-state index in [0.29, 0.717) is 31.6 Å². The molecule has 2 heterocycles. The van der Waals surface area contributed by atoms with Gasteiger partial charge in [0.15, 0.2) is 0 Å². The van der Waals surface area contributed by atoms with E-state index in [0.717, 1.165) is 0 Å². The molecule has 1 saturated heterocycles. The fourth-order valence-electron chi connectivity index (χ4n) is 2.19. The Kier molecular flexibility index (Phi) is 4.73. The van der Waals surface area contributed by atoms with Crippen LogP contribution in [0.15, 0.2) is 12.4 Å². The van der Waals surface area contributed by atoms with Gasteiger partial charge < -0.3 is 10.1 Å². The molecule has 0 spiro atoms. The molecule has 0 radical (unpaired) electrons. The number of piperidine rings is 1. The van der Waals surface area contributed by atoms with Gasteiger partial charge in [0.25, 0.3) is 10.2 Å². The van der Waals surface area contributed by atoms with Crippen molar-refractivity contribution in [1.82, 2.24) is 19.0 Å². The molecule has 0 saturated carbocycles. The third-order valence-electron chi connectivity index (χ3n) is 3.27. The Balaban J connectivity index is 1.87. The van der Waals surface area contributed by atoms with Crippen LogP contribution in [0.3, 0.4) is 0 Å². The van der Waals surface area contributed by atoms with E-state index in [1.807, 2.05) is 0 Å². The molecule has 9 heteroatoms. The molecule has 0 amide bonds. The lowest BCUT2D eigenvalue weighted by molar-refractivity contribution is -0.142. The van der Waals surface area contributed by atoms with Crippen molar-refractivity contribution in [3.63, 3.8) is 0 Å². The van der Waals surface area contributed by atoms with Crippen LogP contribution in [-0.2, 0) is 21.4 Å². The second-order valence-electron chi connectivity index (χ2n) is 4.72. The number of carboxylic acids is 1. The van der Waals surface area contributed by atoms with Gasteiger partial charge in [-0.15, -0.1) is 0 Å². The zero-order valence-corrected chi connectivity index (χ0v) is 11.8. The predicted octanol–water partition coefficient (Wildman–Crippen LogP) is -0.417. The minimum Gasteiger partial charge on any atom is -0.481 e. The van der Waals surface area contributed by atoms with E-state index in [4.69, 9.17) is 5.11 Å². The van der Waals surface area contributed by atoms with Crippen LogP contribution in [0.5, 0.6) is 0 Å². The second-order valence-corrected chi connectivity index (χ2v) is 6.48. The number of hydrogen-bond donors (Lipinski definition) is 3. The third-order valence-corrected chi connectivity index (χ3v) is 4.85. The van der Waals surface area contributed by atoms with Gasteiger partial charge in [0, 0.05) is 38.4 Å². The van der Waals surface area contributed by atoms with Crippen LogP contribution in [-0.4, -0.2) is 53.4 Å². The highest BCUT2D eigenvalue weighted by atomic mass is 32.2. The molecule has 0 aliphatic carbocycles. The molecule has 112 valence electrons. The Morgan fingerprint density at radius 1 is 1.60 bits per heavy atom. The highest BCUT2D eigenvalue weighted by Crippen LogP contribution is 2.18. The number of aliphatic carboxylic acids is 1. The van der Waals surface area contributed by atoms with Crippen molar-refractivity contribution in [2.24, 2.45) is 5.92 Å². The first-order valence-corrected chi connectivity index (χ1v) is 7.89. The van der Waals surface area contributed by atoms with Gasteiger partial charge in [0.2, 0.25) is 0 Å². The molecule has 20 heavy (non-hydrogen) atoms. The van der Waals surface area contributed by atoms with E-state index >= 15 is 0 Å². The normalized spacial score (nSPS) is 20.9. The van der Waals surface area contributed by atoms with Crippen molar-refractivity contribution in [3.05, 3.63) is 18.2 Å². The number of imidazole rings is 1. The molecule has 1 aliphatic rings. The lowest BCUT2D eigenvalue weighted by Gasteiger charge is -2.29. The summed E-state index contributed by atoms with van der Waals surface area (Å²) >= 11 is 0. The van der Waals surface area contributed by atoms with Gasteiger partial charge in [-0.3, -0.25) is 4.79 Å². The molecule has 1 fully saturated rings. The van der Waals surface area contributed by atoms with E-state index in [-0.39, 0.29) is 13.1 Å². The summed E-state index contributed by atoms with van der Waals surface area (Å²) < 4.78 is 27.8. The largest absolute Gasteiger partial charge is 0.481 e. The van der Waals surface area contributed by atoms with Crippen molar-refractivity contribution in [2.75, 3.05) is 19.6 Å². The lowest BCUT2D eigenvalue weighted by Crippen LogP contribution is -2.47. The molecule has 1 unspecified atom stereocenters. The molecule has 1 aliphatic heterocycles. The van der Waals surface area contributed by atoms with Crippen LogP contribution in [0.2, 0.25) is 0 Å². The summed E-state index contributed by atoms with van der Waals surface area (Å²) in [5.41, 5.74) is 0. The first-order valence-electron chi connectivity index (χ1n) is 6.45. The van der Waals surface area contributed by atoms with Gasteiger partial charge in [-0.25, -0.2) is 9.71 Å². The number of nitrogens with one attached hydrogen (secondary N) is 2. The highest BCUT2D eigenvalue weighted by molar-refractivity contribution is 7.87. The lowest BCUT2D eigenvalue weighted by atomic mass is 10.0. The first kappa shape index (κ1) is 14.9. The monoisotopic (exact) mass is 302 g/mol. The summed E-state index contributed by atoms with van der Waals surface area (Å²) in [5.74, 6) is -0.861. The van der Waals surface area contributed by atoms with Crippen LogP contribution in [0.25, 0.3) is 0 Å². The number of hydrogen-bond acceptors (Lipinski definition) is 4. The number of aromatic amines is 1. The maximum atomic E-state index is 12.1. The third kappa shape index (κ3) is 3.78. The molecule has 8 nitrogen and oxygen atoms in total. The van der Waals surface area contributed by atoms with Gasteiger partial charge in [0.05, 0.1) is 5.92 Å². The second kappa shape index (κ2) is 6.33. The number of aromatic nitrogens is 2. The predicted molar refractivity (Wildman–Crippen MR) is 71.1 cm³/mol. The van der Waals surface area contributed by atoms with Crippen molar-refractivity contribution in [2.45, 2.75) is 19.3 Å². The quantitative estimate of drug-likeness (QED) is 0.660. The molecule has 1 aromatic rings. The van der Waals surface area contributed by atoms with Crippen molar-refractivity contribution < 1.29 is 18.3 Å². The topological polar surface area (TPSA) is 115 Å². The van der Waals surface area contributed by atoms with Gasteiger partial charge in [-0.2, -0.15) is 12.7 Å². The number of H-pyrrole nitrogens is 1. The summed E-state index contributed by atoms with van der Waals surface area (Å²) in [5, 5.41) is 8.97. The summed E-state index contributed by atoms with van der Waals surface area (Å²) in [7, 11) is -3.62. The molecular weight excluding hydrogens is 284 g/mol. The van der Waals surface area contributed by atoms with E-state index in [1.165, 1.54) is 4.31 Å². The molecule has 2 rings (SSSR count). The molecular formula is C11H18N4O4S. The van der Waals surface area contributed by atoms with E-state index in [1.54, 1.807) is 12.4 Å². The summed E-state index contributed by atoms with van der Waals surface area (Å²) in [4.78, 5) is 17.8. The molecule has 1 atom stereocenters. The summed E-state index contributed by atoms with van der Waals surface area (Å²) in [6.45, 7) is 0.620. The number of nitrogens with zero attached hydrogens (tertiary/aromatic N) is 2. The van der Waals surface area contributed by atoms with Gasteiger partial charge in [-0.1, -0.05) is 0 Å². The van der Waals surface area contributed by atoms with E-state index < -0.39 is 22.1 Å². The highest BCUT2D eigenvalue weighted by Gasteiger charge is 2.31. The maximum Gasteiger partial charge on any atom is 0.307 e. The molecule has 0 aromatic carbocycles. The van der Waals surface area contributed by atoms with Crippen LogP contribution in [0, 0.1) is 5.92 Å². The molecule has 0 bridgehead atoms. The van der Waals surface area contributed by atoms with E-state index in [2.05, 4.69) is 14.7 Å². The Bertz CT molecular complexity index is 543. The number of carbonyl (C=O) groups is 1. The maximum absolute atomic E-state index is 12.1. The fourth-order valence-corrected chi connectivity index (χ4v) is 3.47. The van der Waals surface area contributed by atoms with Crippen LogP contribution in [0.4, 0.5) is 0 Å². The molecule has 1 aromatic heterocycles. The van der Waals surface area contributed by atoms with Gasteiger partial charge in [-0.05, 0) is 12.8 Å². The van der Waals surface area contributed by atoms with Crippen LogP contribution < -0.4 is 4.72 Å². The standard InChI is InChI=1S/C11H18N4O4S/c16-11(17)9-2-1-7-15(8-9)20(18,19)14-4-3-10-12-5-6-13-10/h5-6,9,14H,1-4,7-8H2,(H,12,13)(H,16,17). The van der Waals surface area contributed by atoms with Gasteiger partial charge >= 0.3 is 5.97 Å². The average Bonchev–Trinajstić information content (AvgIpc) is 2.92. The molecule has 3 N–H and O–H groups in total.